The van der Waals surface area contributed by atoms with E-state index in [4.69, 9.17) is 4.74 Å². The molecule has 1 aromatic heterocycles. The standard InChI is InChI=1S/C12H18.C9H9F3N2O2/c1-5-10-6-8-11(9-7-10)12(2,3)4;1-16-6-2-3-7(13-4-6)8(14-5-15)9(10,11)12/h6-9H,5H2,1-4H3;2-5,8H,1H3,(H,14,15). The zero-order valence-electron chi connectivity index (χ0n) is 16.8. The molecule has 0 fully saturated rings. The number of nitrogens with zero attached hydrogens (tertiary/aromatic N) is 1. The molecule has 0 spiro atoms. The van der Waals surface area contributed by atoms with Gasteiger partial charge in [-0.3, -0.25) is 9.78 Å². The monoisotopic (exact) mass is 396 g/mol. The van der Waals surface area contributed by atoms with Gasteiger partial charge in [0, 0.05) is 0 Å². The van der Waals surface area contributed by atoms with Crippen LogP contribution in [0.1, 0.15) is 50.6 Å². The summed E-state index contributed by atoms with van der Waals surface area (Å²) in [5, 5.41) is 1.67. The number of hydrogen-bond donors (Lipinski definition) is 1. The molecule has 28 heavy (non-hydrogen) atoms. The molecule has 0 aliphatic carbocycles. The van der Waals surface area contributed by atoms with Gasteiger partial charge in [0.25, 0.3) is 0 Å². The molecular weight excluding hydrogens is 369 g/mol. The number of benzene rings is 1. The predicted octanol–water partition coefficient (Wildman–Crippen LogP) is 4.99. The number of pyridine rings is 1. The first-order valence-corrected chi connectivity index (χ1v) is 8.88. The van der Waals surface area contributed by atoms with Crippen molar-refractivity contribution in [2.24, 2.45) is 0 Å². The molecule has 0 saturated heterocycles. The molecule has 0 aliphatic rings. The highest BCUT2D eigenvalue weighted by Crippen LogP contribution is 2.31. The SMILES string of the molecule is CCc1ccc(C(C)(C)C)cc1.COc1ccc(C(NC=O)C(F)(F)F)nc1. The van der Waals surface area contributed by atoms with Gasteiger partial charge in [0.2, 0.25) is 6.41 Å². The smallest absolute Gasteiger partial charge is 0.414 e. The van der Waals surface area contributed by atoms with Gasteiger partial charge >= 0.3 is 6.18 Å². The van der Waals surface area contributed by atoms with E-state index in [0.29, 0.717) is 5.75 Å². The average molecular weight is 396 g/mol. The Bertz CT molecular complexity index is 721. The van der Waals surface area contributed by atoms with Crippen molar-refractivity contribution < 1.29 is 22.7 Å². The van der Waals surface area contributed by atoms with Gasteiger partial charge in [0.15, 0.2) is 6.04 Å². The lowest BCUT2D eigenvalue weighted by molar-refractivity contribution is -0.161. The van der Waals surface area contributed by atoms with Gasteiger partial charge in [-0.25, -0.2) is 0 Å². The van der Waals surface area contributed by atoms with Crippen molar-refractivity contribution >= 4 is 6.41 Å². The summed E-state index contributed by atoms with van der Waals surface area (Å²) in [6.07, 6.45) is -2.31. The topological polar surface area (TPSA) is 51.2 Å². The third-order valence-corrected chi connectivity index (χ3v) is 4.08. The van der Waals surface area contributed by atoms with Crippen LogP contribution in [0.5, 0.6) is 5.75 Å². The van der Waals surface area contributed by atoms with E-state index in [0.717, 1.165) is 18.7 Å². The van der Waals surface area contributed by atoms with Gasteiger partial charge in [0.05, 0.1) is 19.0 Å². The Labute approximate surface area is 164 Å². The molecule has 1 amide bonds. The van der Waals surface area contributed by atoms with Gasteiger partial charge in [0.1, 0.15) is 5.75 Å². The highest BCUT2D eigenvalue weighted by atomic mass is 19.4. The van der Waals surface area contributed by atoms with Gasteiger partial charge < -0.3 is 10.1 Å². The Balaban J connectivity index is 0.000000292. The Kier molecular flexibility index (Phi) is 8.47. The van der Waals surface area contributed by atoms with Gasteiger partial charge in [-0.2, -0.15) is 13.2 Å². The summed E-state index contributed by atoms with van der Waals surface area (Å²) in [7, 11) is 1.38. The molecule has 0 radical (unpaired) electrons. The van der Waals surface area contributed by atoms with Crippen LogP contribution in [0, 0.1) is 0 Å². The summed E-state index contributed by atoms with van der Waals surface area (Å²) in [4.78, 5) is 13.7. The Morgan fingerprint density at radius 2 is 1.71 bits per heavy atom. The van der Waals surface area contributed by atoms with E-state index in [1.54, 1.807) is 5.32 Å². The maximum absolute atomic E-state index is 12.5. The molecule has 0 aliphatic heterocycles. The molecule has 1 aromatic carbocycles. The molecule has 1 atom stereocenters. The van der Waals surface area contributed by atoms with Crippen LogP contribution in [0.25, 0.3) is 0 Å². The van der Waals surface area contributed by atoms with E-state index < -0.39 is 12.2 Å². The summed E-state index contributed by atoms with van der Waals surface area (Å²) in [5.74, 6) is 0.343. The van der Waals surface area contributed by atoms with Crippen LogP contribution in [0.2, 0.25) is 0 Å². The van der Waals surface area contributed by atoms with E-state index in [-0.39, 0.29) is 17.5 Å². The number of aromatic nitrogens is 1. The number of hydrogen-bond acceptors (Lipinski definition) is 3. The minimum Gasteiger partial charge on any atom is -0.495 e. The van der Waals surface area contributed by atoms with Crippen LogP contribution < -0.4 is 10.1 Å². The van der Waals surface area contributed by atoms with Crippen molar-refractivity contribution in [3.8, 4) is 5.75 Å². The molecule has 0 saturated carbocycles. The molecule has 2 rings (SSSR count). The fraction of sp³-hybridized carbons (Fsp3) is 0.429. The number of halogens is 3. The van der Waals surface area contributed by atoms with Crippen molar-refractivity contribution in [2.45, 2.75) is 51.7 Å². The number of methoxy groups -OCH3 is 1. The fourth-order valence-corrected chi connectivity index (χ4v) is 2.34. The van der Waals surface area contributed by atoms with Crippen molar-refractivity contribution in [1.29, 1.82) is 0 Å². The summed E-state index contributed by atoms with van der Waals surface area (Å²) < 4.78 is 42.2. The Morgan fingerprint density at radius 3 is 2.07 bits per heavy atom. The lowest BCUT2D eigenvalue weighted by Gasteiger charge is -2.18. The Hall–Kier alpha value is -2.57. The maximum atomic E-state index is 12.5. The fourth-order valence-electron chi connectivity index (χ4n) is 2.34. The number of nitrogens with one attached hydrogen (secondary N) is 1. The van der Waals surface area contributed by atoms with Gasteiger partial charge in [-0.05, 0) is 35.1 Å². The van der Waals surface area contributed by atoms with E-state index in [1.165, 1.54) is 24.3 Å². The van der Waals surface area contributed by atoms with Crippen molar-refractivity contribution in [2.75, 3.05) is 7.11 Å². The number of alkyl halides is 3. The summed E-state index contributed by atoms with van der Waals surface area (Å²) in [6, 6.07) is 9.30. The zero-order valence-corrected chi connectivity index (χ0v) is 16.8. The second kappa shape index (κ2) is 10.1. The number of rotatable bonds is 5. The van der Waals surface area contributed by atoms with Gasteiger partial charge in [-0.1, -0.05) is 52.0 Å². The Morgan fingerprint density at radius 1 is 1.11 bits per heavy atom. The maximum Gasteiger partial charge on any atom is 0.414 e. The number of ether oxygens (including phenoxy) is 1. The first-order chi connectivity index (χ1) is 13.0. The quantitative estimate of drug-likeness (QED) is 0.725. The number of amides is 1. The van der Waals surface area contributed by atoms with Crippen molar-refractivity contribution in [1.82, 2.24) is 10.3 Å². The minimum absolute atomic E-state index is 0.00985. The molecule has 154 valence electrons. The molecule has 2 aromatic rings. The molecule has 1 unspecified atom stereocenters. The van der Waals surface area contributed by atoms with E-state index in [1.807, 2.05) is 0 Å². The van der Waals surface area contributed by atoms with Gasteiger partial charge in [-0.15, -0.1) is 0 Å². The first-order valence-electron chi connectivity index (χ1n) is 8.88. The summed E-state index contributed by atoms with van der Waals surface area (Å²) in [6.45, 7) is 8.92. The van der Waals surface area contributed by atoms with Crippen LogP contribution in [0.3, 0.4) is 0 Å². The number of carbonyl (C=O) groups excluding carboxylic acids is 1. The average Bonchev–Trinajstić information content (AvgIpc) is 2.65. The zero-order chi connectivity index (χ0) is 21.4. The van der Waals surface area contributed by atoms with Crippen LogP contribution in [0.15, 0.2) is 42.6 Å². The van der Waals surface area contributed by atoms with Crippen molar-refractivity contribution in [3.63, 3.8) is 0 Å². The highest BCUT2D eigenvalue weighted by Gasteiger charge is 2.41. The lowest BCUT2D eigenvalue weighted by atomic mass is 9.86. The van der Waals surface area contributed by atoms with Crippen LogP contribution in [-0.4, -0.2) is 24.7 Å². The second-order valence-corrected chi connectivity index (χ2v) is 7.18. The summed E-state index contributed by atoms with van der Waals surface area (Å²) >= 11 is 0. The van der Waals surface area contributed by atoms with E-state index >= 15 is 0 Å². The molecule has 7 heteroatoms. The van der Waals surface area contributed by atoms with E-state index in [2.05, 4.69) is 56.9 Å². The van der Waals surface area contributed by atoms with Crippen LogP contribution in [0.4, 0.5) is 13.2 Å². The largest absolute Gasteiger partial charge is 0.495 e. The van der Waals surface area contributed by atoms with E-state index in [9.17, 15) is 18.0 Å². The molecule has 0 bridgehead atoms. The number of carbonyl (C=O) groups is 1. The summed E-state index contributed by atoms with van der Waals surface area (Å²) in [5.41, 5.74) is 2.83. The predicted molar refractivity (Wildman–Crippen MR) is 103 cm³/mol. The second-order valence-electron chi connectivity index (χ2n) is 7.18. The van der Waals surface area contributed by atoms with Crippen LogP contribution in [-0.2, 0) is 16.6 Å². The molecular formula is C21H27F3N2O2. The lowest BCUT2D eigenvalue weighted by Crippen LogP contribution is -2.33. The van der Waals surface area contributed by atoms with Crippen molar-refractivity contribution in [3.05, 3.63) is 59.4 Å². The molecule has 1 heterocycles. The normalized spacial score (nSPS) is 12.4. The first kappa shape index (κ1) is 23.5. The minimum atomic E-state index is -4.58. The molecule has 1 N–H and O–H groups in total. The third kappa shape index (κ3) is 7.21. The highest BCUT2D eigenvalue weighted by molar-refractivity contribution is 5.47. The third-order valence-electron chi connectivity index (χ3n) is 4.08. The number of aryl methyl sites for hydroxylation is 1. The van der Waals surface area contributed by atoms with Crippen LogP contribution >= 0.6 is 0 Å². The molecule has 4 nitrogen and oxygen atoms in total.